The lowest BCUT2D eigenvalue weighted by atomic mass is 10.7. The zero-order valence-electron chi connectivity index (χ0n) is 6.33. The number of aromatic nitrogens is 3. The molecule has 0 atom stereocenters. The van der Waals surface area contributed by atoms with Gasteiger partial charge in [-0.1, -0.05) is 18.7 Å². The second-order valence-corrected chi connectivity index (χ2v) is 3.44. The van der Waals surface area contributed by atoms with Crippen LogP contribution in [0, 0.1) is 6.92 Å². The Morgan fingerprint density at radius 2 is 2.09 bits per heavy atom. The summed E-state index contributed by atoms with van der Waals surface area (Å²) in [6.45, 7) is 3.84. The van der Waals surface area contributed by atoms with Gasteiger partial charge in [0.2, 0.25) is 5.28 Å². The Morgan fingerprint density at radius 1 is 1.36 bits per heavy atom. The Bertz CT molecular complexity index is 233. The number of nitrogens with zero attached hydrogens (tertiary/aromatic N) is 3. The third kappa shape index (κ3) is 2.63. The van der Waals surface area contributed by atoms with Gasteiger partial charge in [-0.2, -0.15) is 4.98 Å². The Hall–Kier alpha value is -0.350. The normalized spacial score (nSPS) is 10.1. The molecular formula is C6H8ClN3S. The maximum Gasteiger partial charge on any atom is 0.226 e. The van der Waals surface area contributed by atoms with Gasteiger partial charge >= 0.3 is 0 Å². The molecule has 0 bridgehead atoms. The quantitative estimate of drug-likeness (QED) is 0.667. The average molecular weight is 190 g/mol. The summed E-state index contributed by atoms with van der Waals surface area (Å²) < 4.78 is 0. The molecular weight excluding hydrogens is 182 g/mol. The Morgan fingerprint density at radius 3 is 2.64 bits per heavy atom. The summed E-state index contributed by atoms with van der Waals surface area (Å²) in [5, 5.41) is 0.971. The van der Waals surface area contributed by atoms with Crippen LogP contribution >= 0.6 is 23.4 Å². The molecule has 1 rings (SSSR count). The van der Waals surface area contributed by atoms with Crippen LogP contribution in [0.25, 0.3) is 0 Å². The number of rotatable bonds is 2. The van der Waals surface area contributed by atoms with Crippen molar-refractivity contribution in [3.63, 3.8) is 0 Å². The van der Waals surface area contributed by atoms with Crippen molar-refractivity contribution in [1.29, 1.82) is 0 Å². The molecule has 0 aromatic carbocycles. The van der Waals surface area contributed by atoms with Crippen LogP contribution in [0.2, 0.25) is 5.28 Å². The zero-order chi connectivity index (χ0) is 8.27. The SMILES string of the molecule is CCSc1nc(C)nc(Cl)n1. The molecule has 0 fully saturated rings. The first kappa shape index (κ1) is 8.74. The zero-order valence-corrected chi connectivity index (χ0v) is 7.91. The van der Waals surface area contributed by atoms with Crippen LogP contribution in [0.15, 0.2) is 5.16 Å². The predicted octanol–water partition coefficient (Wildman–Crippen LogP) is 1.95. The number of hydrogen-bond acceptors (Lipinski definition) is 4. The van der Waals surface area contributed by atoms with E-state index in [-0.39, 0.29) is 5.28 Å². The molecule has 0 radical (unpaired) electrons. The summed E-state index contributed by atoms with van der Waals surface area (Å²) in [7, 11) is 0. The fourth-order valence-corrected chi connectivity index (χ4v) is 1.48. The van der Waals surface area contributed by atoms with Gasteiger partial charge in [0.15, 0.2) is 5.16 Å². The highest BCUT2D eigenvalue weighted by molar-refractivity contribution is 7.99. The summed E-state index contributed by atoms with van der Waals surface area (Å²) in [6, 6.07) is 0. The number of aryl methyl sites for hydroxylation is 1. The first-order chi connectivity index (χ1) is 5.22. The first-order valence-electron chi connectivity index (χ1n) is 3.23. The molecule has 0 spiro atoms. The van der Waals surface area contributed by atoms with E-state index in [1.807, 2.05) is 6.92 Å². The largest absolute Gasteiger partial charge is 0.226 e. The molecule has 60 valence electrons. The molecule has 1 aromatic rings. The van der Waals surface area contributed by atoms with E-state index in [4.69, 9.17) is 11.6 Å². The van der Waals surface area contributed by atoms with Gasteiger partial charge in [0.1, 0.15) is 5.82 Å². The minimum absolute atomic E-state index is 0.272. The molecule has 0 amide bonds. The van der Waals surface area contributed by atoms with Crippen LogP contribution in [-0.2, 0) is 0 Å². The Balaban J connectivity index is 2.89. The van der Waals surface area contributed by atoms with Crippen molar-refractivity contribution in [1.82, 2.24) is 15.0 Å². The second-order valence-electron chi connectivity index (χ2n) is 1.87. The van der Waals surface area contributed by atoms with E-state index in [2.05, 4.69) is 15.0 Å². The van der Waals surface area contributed by atoms with Gasteiger partial charge < -0.3 is 0 Å². The summed E-state index contributed by atoms with van der Waals surface area (Å²) in [6.07, 6.45) is 0. The van der Waals surface area contributed by atoms with Gasteiger partial charge in [-0.15, -0.1) is 0 Å². The van der Waals surface area contributed by atoms with Crippen LogP contribution in [0.5, 0.6) is 0 Å². The van der Waals surface area contributed by atoms with Gasteiger partial charge in [0, 0.05) is 0 Å². The Kier molecular flexibility index (Phi) is 3.08. The highest BCUT2D eigenvalue weighted by Crippen LogP contribution is 2.13. The molecule has 0 aliphatic rings. The van der Waals surface area contributed by atoms with Crippen molar-refractivity contribution in [2.75, 3.05) is 5.75 Å². The van der Waals surface area contributed by atoms with Gasteiger partial charge in [0.25, 0.3) is 0 Å². The van der Waals surface area contributed by atoms with Crippen molar-refractivity contribution >= 4 is 23.4 Å². The lowest BCUT2D eigenvalue weighted by Gasteiger charge is -1.97. The third-order valence-corrected chi connectivity index (χ3v) is 1.87. The summed E-state index contributed by atoms with van der Waals surface area (Å²) in [4.78, 5) is 11.9. The van der Waals surface area contributed by atoms with Crippen molar-refractivity contribution < 1.29 is 0 Å². The third-order valence-electron chi connectivity index (χ3n) is 0.973. The highest BCUT2D eigenvalue weighted by Gasteiger charge is 1.99. The van der Waals surface area contributed by atoms with E-state index in [0.29, 0.717) is 11.0 Å². The monoisotopic (exact) mass is 189 g/mol. The summed E-state index contributed by atoms with van der Waals surface area (Å²) in [5.41, 5.74) is 0. The van der Waals surface area contributed by atoms with Crippen LogP contribution in [-0.4, -0.2) is 20.7 Å². The van der Waals surface area contributed by atoms with E-state index >= 15 is 0 Å². The molecule has 3 nitrogen and oxygen atoms in total. The van der Waals surface area contributed by atoms with E-state index in [9.17, 15) is 0 Å². The van der Waals surface area contributed by atoms with Crippen molar-refractivity contribution in [2.45, 2.75) is 19.0 Å². The topological polar surface area (TPSA) is 38.7 Å². The summed E-state index contributed by atoms with van der Waals surface area (Å²) in [5.74, 6) is 1.61. The van der Waals surface area contributed by atoms with E-state index in [1.54, 1.807) is 18.7 Å². The molecule has 1 aromatic heterocycles. The molecule has 1 heterocycles. The smallest absolute Gasteiger partial charge is 0.208 e. The minimum atomic E-state index is 0.272. The van der Waals surface area contributed by atoms with Gasteiger partial charge in [-0.3, -0.25) is 0 Å². The average Bonchev–Trinajstić information content (AvgIpc) is 1.85. The van der Waals surface area contributed by atoms with Gasteiger partial charge in [0.05, 0.1) is 0 Å². The molecule has 0 saturated heterocycles. The van der Waals surface area contributed by atoms with Crippen molar-refractivity contribution in [3.05, 3.63) is 11.1 Å². The fourth-order valence-electron chi connectivity index (χ4n) is 0.620. The van der Waals surface area contributed by atoms with Crippen LogP contribution in [0.1, 0.15) is 12.7 Å². The van der Waals surface area contributed by atoms with Crippen LogP contribution < -0.4 is 0 Å². The van der Waals surface area contributed by atoms with Crippen molar-refractivity contribution in [2.24, 2.45) is 0 Å². The molecule has 0 aliphatic heterocycles. The fraction of sp³-hybridized carbons (Fsp3) is 0.500. The van der Waals surface area contributed by atoms with Crippen LogP contribution in [0.3, 0.4) is 0 Å². The van der Waals surface area contributed by atoms with E-state index in [0.717, 1.165) is 5.75 Å². The van der Waals surface area contributed by atoms with Crippen LogP contribution in [0.4, 0.5) is 0 Å². The number of hydrogen-bond donors (Lipinski definition) is 0. The lowest BCUT2D eigenvalue weighted by molar-refractivity contribution is 0.859. The number of thioether (sulfide) groups is 1. The summed E-state index contributed by atoms with van der Waals surface area (Å²) >= 11 is 7.17. The van der Waals surface area contributed by atoms with E-state index < -0.39 is 0 Å². The molecule has 0 aliphatic carbocycles. The van der Waals surface area contributed by atoms with Gasteiger partial charge in [-0.25, -0.2) is 9.97 Å². The van der Waals surface area contributed by atoms with Gasteiger partial charge in [-0.05, 0) is 24.3 Å². The molecule has 5 heteroatoms. The van der Waals surface area contributed by atoms with Crippen molar-refractivity contribution in [3.8, 4) is 0 Å². The highest BCUT2D eigenvalue weighted by atomic mass is 35.5. The lowest BCUT2D eigenvalue weighted by Crippen LogP contribution is -1.94. The maximum absolute atomic E-state index is 5.61. The molecule has 0 unspecified atom stereocenters. The molecule has 11 heavy (non-hydrogen) atoms. The minimum Gasteiger partial charge on any atom is -0.208 e. The second kappa shape index (κ2) is 3.88. The number of halogens is 1. The molecule has 0 N–H and O–H groups in total. The Labute approximate surface area is 74.6 Å². The standard InChI is InChI=1S/C6H8ClN3S/c1-3-11-6-9-4(2)8-5(7)10-6/h3H2,1-2H3. The van der Waals surface area contributed by atoms with E-state index in [1.165, 1.54) is 0 Å². The maximum atomic E-state index is 5.61. The first-order valence-corrected chi connectivity index (χ1v) is 4.59. The predicted molar refractivity (Wildman–Crippen MR) is 46.0 cm³/mol. The molecule has 0 saturated carbocycles.